The van der Waals surface area contributed by atoms with Crippen LogP contribution in [0.5, 0.6) is 0 Å². The summed E-state index contributed by atoms with van der Waals surface area (Å²) in [7, 11) is 0. The number of hydrogen-bond acceptors (Lipinski definition) is 4. The molecule has 0 saturated carbocycles. The summed E-state index contributed by atoms with van der Waals surface area (Å²) in [6, 6.07) is -0.941. The van der Waals surface area contributed by atoms with Gasteiger partial charge in [-0.2, -0.15) is 0 Å². The third-order valence-electron chi connectivity index (χ3n) is 4.68. The van der Waals surface area contributed by atoms with E-state index in [9.17, 15) is 14.4 Å². The van der Waals surface area contributed by atoms with Gasteiger partial charge in [0.25, 0.3) is 0 Å². The topological polar surface area (TPSA) is 66.9 Å². The first-order valence-electron chi connectivity index (χ1n) is 8.89. The summed E-state index contributed by atoms with van der Waals surface area (Å²) >= 11 is 0. The predicted octanol–water partition coefficient (Wildman–Crippen LogP) is 2.46. The molecule has 2 saturated heterocycles. The van der Waals surface area contributed by atoms with Crippen LogP contribution in [0.1, 0.15) is 53.9 Å². The van der Waals surface area contributed by atoms with E-state index < -0.39 is 17.6 Å². The number of carbonyl (C=O) groups is 3. The summed E-state index contributed by atoms with van der Waals surface area (Å²) in [6.07, 6.45) is 1.60. The Hall–Kier alpha value is -1.59. The molecule has 2 heterocycles. The minimum absolute atomic E-state index is 0.124. The van der Waals surface area contributed by atoms with Crippen LogP contribution in [0.2, 0.25) is 0 Å². The van der Waals surface area contributed by atoms with Crippen molar-refractivity contribution >= 4 is 17.8 Å². The normalized spacial score (nSPS) is 22.9. The minimum Gasteiger partial charge on any atom is -0.448 e. The predicted molar refractivity (Wildman–Crippen MR) is 90.5 cm³/mol. The van der Waals surface area contributed by atoms with Gasteiger partial charge in [-0.25, -0.2) is 4.79 Å². The van der Waals surface area contributed by atoms with Crippen LogP contribution in [0, 0.1) is 11.3 Å². The SMILES string of the molecule is CC(C)CC(=O)C1CCCN1C(=O)C(N1CCOC1=O)C(C)(C)C. The number of likely N-dealkylation sites (tertiary alicyclic amines) is 1. The fourth-order valence-electron chi connectivity index (χ4n) is 3.67. The Morgan fingerprint density at radius 3 is 2.42 bits per heavy atom. The maximum absolute atomic E-state index is 13.2. The maximum atomic E-state index is 13.2. The molecule has 2 aliphatic rings. The highest BCUT2D eigenvalue weighted by atomic mass is 16.6. The van der Waals surface area contributed by atoms with E-state index in [0.29, 0.717) is 26.1 Å². The van der Waals surface area contributed by atoms with Crippen LogP contribution < -0.4 is 0 Å². The Kier molecular flexibility index (Phi) is 5.56. The maximum Gasteiger partial charge on any atom is 0.410 e. The molecular weight excluding hydrogens is 308 g/mol. The van der Waals surface area contributed by atoms with Crippen molar-refractivity contribution in [3.05, 3.63) is 0 Å². The number of nitrogens with zero attached hydrogens (tertiary/aromatic N) is 2. The lowest BCUT2D eigenvalue weighted by atomic mass is 9.84. The molecule has 2 rings (SSSR count). The molecule has 0 aromatic heterocycles. The summed E-state index contributed by atoms with van der Waals surface area (Å²) in [6.45, 7) is 11.2. The van der Waals surface area contributed by atoms with Gasteiger partial charge < -0.3 is 9.64 Å². The van der Waals surface area contributed by atoms with Crippen LogP contribution in [0.4, 0.5) is 4.79 Å². The molecule has 2 unspecified atom stereocenters. The van der Waals surface area contributed by atoms with Gasteiger partial charge in [-0.1, -0.05) is 34.6 Å². The molecule has 2 fully saturated rings. The highest BCUT2D eigenvalue weighted by molar-refractivity contribution is 5.93. The van der Waals surface area contributed by atoms with E-state index in [2.05, 4.69) is 0 Å². The van der Waals surface area contributed by atoms with Crippen molar-refractivity contribution in [2.45, 2.75) is 66.0 Å². The summed E-state index contributed by atoms with van der Waals surface area (Å²) in [5, 5.41) is 0. The first-order valence-corrected chi connectivity index (χ1v) is 8.89. The lowest BCUT2D eigenvalue weighted by Crippen LogP contribution is -2.57. The smallest absolute Gasteiger partial charge is 0.410 e. The number of amides is 2. The Morgan fingerprint density at radius 1 is 1.25 bits per heavy atom. The first kappa shape index (κ1) is 18.7. The van der Waals surface area contributed by atoms with E-state index in [0.717, 1.165) is 12.8 Å². The Labute approximate surface area is 144 Å². The van der Waals surface area contributed by atoms with Gasteiger partial charge >= 0.3 is 6.09 Å². The van der Waals surface area contributed by atoms with Crippen molar-refractivity contribution in [1.82, 2.24) is 9.80 Å². The first-order chi connectivity index (χ1) is 11.1. The molecule has 24 heavy (non-hydrogen) atoms. The molecular formula is C18H30N2O4. The van der Waals surface area contributed by atoms with E-state index in [4.69, 9.17) is 4.74 Å². The Morgan fingerprint density at radius 2 is 1.92 bits per heavy atom. The van der Waals surface area contributed by atoms with Crippen LogP contribution in [-0.4, -0.2) is 59.4 Å². The third-order valence-corrected chi connectivity index (χ3v) is 4.68. The number of rotatable bonds is 5. The highest BCUT2D eigenvalue weighted by Crippen LogP contribution is 2.31. The van der Waals surface area contributed by atoms with Crippen LogP contribution in [0.25, 0.3) is 0 Å². The zero-order valence-corrected chi connectivity index (χ0v) is 15.5. The van der Waals surface area contributed by atoms with Gasteiger partial charge in [0.15, 0.2) is 5.78 Å². The fourth-order valence-corrected chi connectivity index (χ4v) is 3.67. The molecule has 0 aromatic rings. The molecule has 2 aliphatic heterocycles. The number of cyclic esters (lactones) is 1. The van der Waals surface area contributed by atoms with Crippen molar-refractivity contribution in [3.8, 4) is 0 Å². The average molecular weight is 338 g/mol. The van der Waals surface area contributed by atoms with Crippen molar-refractivity contribution in [2.75, 3.05) is 19.7 Å². The van der Waals surface area contributed by atoms with Crippen molar-refractivity contribution in [2.24, 2.45) is 11.3 Å². The molecule has 6 nitrogen and oxygen atoms in total. The zero-order chi connectivity index (χ0) is 18.1. The van der Waals surface area contributed by atoms with Gasteiger partial charge in [0.05, 0.1) is 12.6 Å². The van der Waals surface area contributed by atoms with Crippen LogP contribution in [0.3, 0.4) is 0 Å². The van der Waals surface area contributed by atoms with Crippen LogP contribution in [-0.2, 0) is 14.3 Å². The standard InChI is InChI=1S/C18H30N2O4/c1-12(2)11-14(21)13-7-6-8-19(13)16(22)15(18(3,4)5)20-9-10-24-17(20)23/h12-13,15H,6-11H2,1-5H3. The fraction of sp³-hybridized carbons (Fsp3) is 0.833. The molecule has 0 aliphatic carbocycles. The third kappa shape index (κ3) is 3.90. The van der Waals surface area contributed by atoms with Gasteiger partial charge in [0.1, 0.15) is 12.6 Å². The van der Waals surface area contributed by atoms with Crippen LogP contribution in [0.15, 0.2) is 0 Å². The number of hydrogen-bond donors (Lipinski definition) is 0. The molecule has 0 aromatic carbocycles. The van der Waals surface area contributed by atoms with E-state index in [1.807, 2.05) is 34.6 Å². The second-order valence-electron chi connectivity index (χ2n) is 8.33. The Balaban J connectivity index is 2.22. The van der Waals surface area contributed by atoms with Crippen molar-refractivity contribution < 1.29 is 19.1 Å². The molecule has 0 radical (unpaired) electrons. The number of ether oxygens (including phenoxy) is 1. The summed E-state index contributed by atoms with van der Waals surface area (Å²) in [5.74, 6) is 0.287. The molecule has 0 spiro atoms. The summed E-state index contributed by atoms with van der Waals surface area (Å²) in [4.78, 5) is 41.0. The molecule has 6 heteroatoms. The van der Waals surface area contributed by atoms with E-state index >= 15 is 0 Å². The largest absolute Gasteiger partial charge is 0.448 e. The molecule has 0 bridgehead atoms. The van der Waals surface area contributed by atoms with Crippen molar-refractivity contribution in [3.63, 3.8) is 0 Å². The van der Waals surface area contributed by atoms with E-state index in [1.165, 1.54) is 4.90 Å². The Bertz CT molecular complexity index is 510. The van der Waals surface area contributed by atoms with Gasteiger partial charge in [-0.05, 0) is 24.2 Å². The van der Waals surface area contributed by atoms with E-state index in [-0.39, 0.29) is 23.7 Å². The number of ketones is 1. The second kappa shape index (κ2) is 7.11. The second-order valence-corrected chi connectivity index (χ2v) is 8.33. The lowest BCUT2D eigenvalue weighted by Gasteiger charge is -2.39. The monoisotopic (exact) mass is 338 g/mol. The molecule has 2 atom stereocenters. The number of Topliss-reactive ketones (excluding diaryl/α,β-unsaturated/α-hetero) is 1. The van der Waals surface area contributed by atoms with E-state index in [1.54, 1.807) is 4.90 Å². The summed E-state index contributed by atoms with van der Waals surface area (Å²) in [5.41, 5.74) is -0.422. The quantitative estimate of drug-likeness (QED) is 0.772. The van der Waals surface area contributed by atoms with Gasteiger partial charge in [0.2, 0.25) is 5.91 Å². The van der Waals surface area contributed by atoms with Gasteiger partial charge in [-0.15, -0.1) is 0 Å². The minimum atomic E-state index is -0.597. The molecule has 2 amide bonds. The highest BCUT2D eigenvalue weighted by Gasteiger charge is 2.46. The van der Waals surface area contributed by atoms with Gasteiger partial charge in [-0.3, -0.25) is 14.5 Å². The number of carbonyl (C=O) groups excluding carboxylic acids is 3. The van der Waals surface area contributed by atoms with Crippen molar-refractivity contribution in [1.29, 1.82) is 0 Å². The van der Waals surface area contributed by atoms with Crippen LogP contribution >= 0.6 is 0 Å². The zero-order valence-electron chi connectivity index (χ0n) is 15.5. The molecule has 0 N–H and O–H groups in total. The molecule has 136 valence electrons. The summed E-state index contributed by atoms with van der Waals surface area (Å²) < 4.78 is 5.03. The van der Waals surface area contributed by atoms with Gasteiger partial charge in [0, 0.05) is 13.0 Å². The average Bonchev–Trinajstić information content (AvgIpc) is 3.06. The lowest BCUT2D eigenvalue weighted by molar-refractivity contribution is -0.144.